The van der Waals surface area contributed by atoms with E-state index in [1.165, 1.54) is 19.3 Å². The molecule has 0 atom stereocenters. The summed E-state index contributed by atoms with van der Waals surface area (Å²) in [6.45, 7) is 6.45. The lowest BCUT2D eigenvalue weighted by Gasteiger charge is -2.57. The van der Waals surface area contributed by atoms with Crippen LogP contribution >= 0.6 is 0 Å². The van der Waals surface area contributed by atoms with E-state index in [1.807, 2.05) is 0 Å². The molecular weight excluding hydrogens is 214 g/mol. The maximum Gasteiger partial charge on any atom is 0.324 e. The molecule has 17 heavy (non-hydrogen) atoms. The van der Waals surface area contributed by atoms with Crippen LogP contribution in [0.5, 0.6) is 0 Å². The number of hydrogen-bond donors (Lipinski definition) is 1. The van der Waals surface area contributed by atoms with Crippen molar-refractivity contribution in [2.75, 3.05) is 13.1 Å². The van der Waals surface area contributed by atoms with Crippen LogP contribution in [-0.2, 0) is 4.79 Å². The van der Waals surface area contributed by atoms with Crippen LogP contribution in [0.15, 0.2) is 0 Å². The fraction of sp³-hybridized carbons (Fsp3) is 0.929. The number of carboxylic acid groups (broad SMARTS) is 1. The Labute approximate surface area is 104 Å². The maximum absolute atomic E-state index is 11.7. The van der Waals surface area contributed by atoms with Gasteiger partial charge in [0.15, 0.2) is 0 Å². The highest BCUT2D eigenvalue weighted by atomic mass is 16.4. The third-order valence-corrected chi connectivity index (χ3v) is 5.24. The predicted octanol–water partition coefficient (Wildman–Crippen LogP) is 2.90. The fourth-order valence-electron chi connectivity index (χ4n) is 3.57. The standard InChI is InChI=1S/C14H25NO2/c1-3-13(4-2)10-15(11-13)14(12(16)17)8-6-5-7-9-14/h3-11H2,1-2H3,(H,16,17). The van der Waals surface area contributed by atoms with Gasteiger partial charge in [0.2, 0.25) is 0 Å². The summed E-state index contributed by atoms with van der Waals surface area (Å²) in [7, 11) is 0. The van der Waals surface area contributed by atoms with Gasteiger partial charge in [-0.2, -0.15) is 0 Å². The first-order chi connectivity index (χ1) is 8.08. The lowest BCUT2D eigenvalue weighted by atomic mass is 9.69. The molecule has 0 amide bonds. The number of rotatable bonds is 4. The highest BCUT2D eigenvalue weighted by Crippen LogP contribution is 2.45. The Morgan fingerprint density at radius 1 is 1.12 bits per heavy atom. The first kappa shape index (κ1) is 12.9. The number of hydrogen-bond acceptors (Lipinski definition) is 2. The zero-order valence-corrected chi connectivity index (χ0v) is 11.2. The molecule has 1 saturated heterocycles. The smallest absolute Gasteiger partial charge is 0.324 e. The van der Waals surface area contributed by atoms with Crippen molar-refractivity contribution in [3.8, 4) is 0 Å². The zero-order valence-electron chi connectivity index (χ0n) is 11.2. The van der Waals surface area contributed by atoms with Crippen molar-refractivity contribution in [3.05, 3.63) is 0 Å². The Balaban J connectivity index is 2.08. The molecule has 0 aromatic rings. The van der Waals surface area contributed by atoms with E-state index in [0.717, 1.165) is 38.8 Å². The summed E-state index contributed by atoms with van der Waals surface area (Å²) in [5.74, 6) is -0.585. The summed E-state index contributed by atoms with van der Waals surface area (Å²) < 4.78 is 0. The number of aliphatic carboxylic acids is 1. The van der Waals surface area contributed by atoms with Crippen molar-refractivity contribution in [3.63, 3.8) is 0 Å². The van der Waals surface area contributed by atoms with Crippen LogP contribution in [0.1, 0.15) is 58.8 Å². The SMILES string of the molecule is CCC1(CC)CN(C2(C(=O)O)CCCCC2)C1. The molecule has 0 aromatic heterocycles. The van der Waals surface area contributed by atoms with Gasteiger partial charge < -0.3 is 5.11 Å². The van der Waals surface area contributed by atoms with E-state index in [-0.39, 0.29) is 0 Å². The molecule has 1 aliphatic heterocycles. The second-order valence-electron chi connectivity index (χ2n) is 5.96. The summed E-state index contributed by atoms with van der Waals surface area (Å²) in [6, 6.07) is 0. The van der Waals surface area contributed by atoms with Crippen LogP contribution in [0.4, 0.5) is 0 Å². The van der Waals surface area contributed by atoms with E-state index in [2.05, 4.69) is 18.7 Å². The third kappa shape index (κ3) is 1.99. The molecule has 1 heterocycles. The van der Waals surface area contributed by atoms with E-state index in [4.69, 9.17) is 0 Å². The minimum Gasteiger partial charge on any atom is -0.480 e. The minimum absolute atomic E-state index is 0.403. The Kier molecular flexibility index (Phi) is 3.48. The Hall–Kier alpha value is -0.570. The molecule has 98 valence electrons. The van der Waals surface area contributed by atoms with E-state index in [1.54, 1.807) is 0 Å². The molecule has 1 saturated carbocycles. The topological polar surface area (TPSA) is 40.5 Å². The number of carboxylic acids is 1. The summed E-state index contributed by atoms with van der Waals surface area (Å²) in [5, 5.41) is 9.60. The van der Waals surface area contributed by atoms with Gasteiger partial charge in [-0.1, -0.05) is 33.1 Å². The van der Waals surface area contributed by atoms with Gasteiger partial charge >= 0.3 is 5.97 Å². The Bertz CT molecular complexity index is 283. The molecule has 0 unspecified atom stereocenters. The summed E-state index contributed by atoms with van der Waals surface area (Å²) in [4.78, 5) is 13.9. The van der Waals surface area contributed by atoms with Gasteiger partial charge in [-0.3, -0.25) is 9.69 Å². The molecule has 1 aliphatic carbocycles. The molecule has 0 aromatic carbocycles. The van der Waals surface area contributed by atoms with Gasteiger partial charge in [-0.05, 0) is 31.1 Å². The molecule has 0 spiro atoms. The summed E-state index contributed by atoms with van der Waals surface area (Å²) in [6.07, 6.45) is 7.42. The molecule has 0 bridgehead atoms. The molecule has 1 N–H and O–H groups in total. The Morgan fingerprint density at radius 3 is 2.06 bits per heavy atom. The minimum atomic E-state index is -0.585. The van der Waals surface area contributed by atoms with Gasteiger partial charge in [0.05, 0.1) is 0 Å². The molecule has 2 aliphatic rings. The maximum atomic E-state index is 11.7. The van der Waals surface area contributed by atoms with E-state index < -0.39 is 11.5 Å². The van der Waals surface area contributed by atoms with Crippen LogP contribution in [0.2, 0.25) is 0 Å². The monoisotopic (exact) mass is 239 g/mol. The normalized spacial score (nSPS) is 27.4. The van der Waals surface area contributed by atoms with Crippen molar-refractivity contribution >= 4 is 5.97 Å². The van der Waals surface area contributed by atoms with Crippen LogP contribution in [0, 0.1) is 5.41 Å². The third-order valence-electron chi connectivity index (χ3n) is 5.24. The zero-order chi connectivity index (χ0) is 12.5. The fourth-order valence-corrected chi connectivity index (χ4v) is 3.57. The van der Waals surface area contributed by atoms with Crippen molar-refractivity contribution in [2.45, 2.75) is 64.3 Å². The van der Waals surface area contributed by atoms with Gasteiger partial charge in [0.1, 0.15) is 5.54 Å². The average molecular weight is 239 g/mol. The van der Waals surface area contributed by atoms with Crippen molar-refractivity contribution in [1.29, 1.82) is 0 Å². The summed E-state index contributed by atoms with van der Waals surface area (Å²) >= 11 is 0. The van der Waals surface area contributed by atoms with Crippen LogP contribution in [0.3, 0.4) is 0 Å². The lowest BCUT2D eigenvalue weighted by molar-refractivity contribution is -0.168. The van der Waals surface area contributed by atoms with Crippen LogP contribution in [0.25, 0.3) is 0 Å². The highest BCUT2D eigenvalue weighted by molar-refractivity contribution is 5.79. The molecule has 0 radical (unpaired) electrons. The van der Waals surface area contributed by atoms with Crippen molar-refractivity contribution in [2.24, 2.45) is 5.41 Å². The molecular formula is C14H25NO2. The van der Waals surface area contributed by atoms with E-state index in [9.17, 15) is 9.90 Å². The molecule has 3 heteroatoms. The van der Waals surface area contributed by atoms with E-state index >= 15 is 0 Å². The predicted molar refractivity (Wildman–Crippen MR) is 68.0 cm³/mol. The van der Waals surface area contributed by atoms with Gasteiger partial charge in [0.25, 0.3) is 0 Å². The van der Waals surface area contributed by atoms with Crippen molar-refractivity contribution in [1.82, 2.24) is 4.90 Å². The molecule has 2 rings (SSSR count). The van der Waals surface area contributed by atoms with Crippen LogP contribution in [-0.4, -0.2) is 34.6 Å². The van der Waals surface area contributed by atoms with E-state index in [0.29, 0.717) is 5.41 Å². The number of carbonyl (C=O) groups is 1. The Morgan fingerprint density at radius 2 is 1.65 bits per heavy atom. The van der Waals surface area contributed by atoms with Gasteiger partial charge in [-0.25, -0.2) is 0 Å². The second kappa shape index (κ2) is 4.60. The lowest BCUT2D eigenvalue weighted by Crippen LogP contribution is -2.68. The summed E-state index contributed by atoms with van der Waals surface area (Å²) in [5.41, 5.74) is -0.119. The number of likely N-dealkylation sites (tertiary alicyclic amines) is 1. The first-order valence-electron chi connectivity index (χ1n) is 7.07. The molecule has 2 fully saturated rings. The van der Waals surface area contributed by atoms with Gasteiger partial charge in [0, 0.05) is 13.1 Å². The largest absolute Gasteiger partial charge is 0.480 e. The number of nitrogens with zero attached hydrogens (tertiary/aromatic N) is 1. The van der Waals surface area contributed by atoms with Crippen molar-refractivity contribution < 1.29 is 9.90 Å². The highest BCUT2D eigenvalue weighted by Gasteiger charge is 2.53. The molecule has 3 nitrogen and oxygen atoms in total. The first-order valence-corrected chi connectivity index (χ1v) is 7.07. The van der Waals surface area contributed by atoms with Gasteiger partial charge in [-0.15, -0.1) is 0 Å². The van der Waals surface area contributed by atoms with Crippen LogP contribution < -0.4 is 0 Å². The average Bonchev–Trinajstić information content (AvgIpc) is 2.30. The second-order valence-corrected chi connectivity index (χ2v) is 5.96. The quantitative estimate of drug-likeness (QED) is 0.820.